The number of ether oxygens (including phenoxy) is 3. The van der Waals surface area contributed by atoms with Gasteiger partial charge in [0.05, 0.1) is 34.6 Å². The summed E-state index contributed by atoms with van der Waals surface area (Å²) in [6, 6.07) is 0. The van der Waals surface area contributed by atoms with E-state index < -0.39 is 135 Å². The number of carbonyl (C=O) groups excluding carboxylic acids is 5. The molecule has 2 aliphatic heterocycles. The van der Waals surface area contributed by atoms with Gasteiger partial charge in [0.2, 0.25) is 0 Å². The smallest absolute Gasteiger partial charge is 0.343 e. The van der Waals surface area contributed by atoms with Crippen molar-refractivity contribution in [3.8, 4) is 0 Å². The molecule has 0 radical (unpaired) electrons. The van der Waals surface area contributed by atoms with Crippen molar-refractivity contribution in [2.45, 2.75) is 96.3 Å². The standard InChI is InChI=1S/C32H40O13/c1-9-7-15-29(5,30(6,42)28(41)45-15)20-17(9)32(11(3)34)18(23(20)38)16-19(25(27(32)40)43-12(4)35)31(10(2)33)13(21(36)22(16)37)8-14-24(44-14)26(31)39/h7,9,13-14,16-21,23-27,36,38-40,42H,8H2,1-6H3. The lowest BCUT2D eigenvalue weighted by Gasteiger charge is -2.64. The molecule has 45 heavy (non-hydrogen) atoms. The maximum absolute atomic E-state index is 14.5. The zero-order chi connectivity index (χ0) is 33.1. The van der Waals surface area contributed by atoms with Crippen molar-refractivity contribution < 1.29 is 63.7 Å². The molecule has 2 heterocycles. The quantitative estimate of drug-likeness (QED) is 0.183. The van der Waals surface area contributed by atoms with Crippen LogP contribution >= 0.6 is 0 Å². The van der Waals surface area contributed by atoms with Gasteiger partial charge in [0.25, 0.3) is 0 Å². The van der Waals surface area contributed by atoms with E-state index in [1.165, 1.54) is 27.7 Å². The zero-order valence-electron chi connectivity index (χ0n) is 25.9. The summed E-state index contributed by atoms with van der Waals surface area (Å²) in [7, 11) is 0. The van der Waals surface area contributed by atoms with Gasteiger partial charge in [0.1, 0.15) is 41.7 Å². The summed E-state index contributed by atoms with van der Waals surface area (Å²) in [4.78, 5) is 68.3. The summed E-state index contributed by atoms with van der Waals surface area (Å²) < 4.78 is 16.9. The largest absolute Gasteiger partial charge is 0.459 e. The van der Waals surface area contributed by atoms with E-state index in [0.717, 1.165) is 6.92 Å². The molecule has 4 saturated carbocycles. The first-order valence-corrected chi connectivity index (χ1v) is 15.6. The highest BCUT2D eigenvalue weighted by Gasteiger charge is 2.85. The number of esters is 2. The molecule has 7 rings (SSSR count). The van der Waals surface area contributed by atoms with Crippen molar-refractivity contribution in [2.24, 2.45) is 57.7 Å². The van der Waals surface area contributed by atoms with E-state index in [-0.39, 0.29) is 12.2 Å². The second-order valence-corrected chi connectivity index (χ2v) is 14.9. The number of aliphatic hydroxyl groups is 5. The summed E-state index contributed by atoms with van der Waals surface area (Å²) in [5, 5.41) is 60.0. The molecule has 0 aromatic carbocycles. The molecule has 0 aromatic heterocycles. The molecule has 0 bridgehead atoms. The Kier molecular flexibility index (Phi) is 6.27. The third kappa shape index (κ3) is 3.18. The first kappa shape index (κ1) is 31.1. The molecule has 13 heteroatoms. The Labute approximate surface area is 258 Å². The first-order chi connectivity index (χ1) is 20.8. The van der Waals surface area contributed by atoms with Gasteiger partial charge >= 0.3 is 11.9 Å². The number of hydrogen-bond acceptors (Lipinski definition) is 13. The molecular formula is C32H40O13. The Bertz CT molecular complexity index is 1470. The van der Waals surface area contributed by atoms with Crippen LogP contribution in [0.3, 0.4) is 0 Å². The molecule has 6 fully saturated rings. The SMILES string of the molecule is CC(=O)OC1C(O)C2(C(C)=O)C(C(O)C3C2C(C)C=C2OC(=O)C(C)(O)C23C)C2C(=O)C(O)C3CC4OC4C(O)C3(C(C)=O)C12. The number of rotatable bonds is 3. The molecule has 13 nitrogen and oxygen atoms in total. The summed E-state index contributed by atoms with van der Waals surface area (Å²) in [5.74, 6) is -12.4. The lowest BCUT2D eigenvalue weighted by atomic mass is 9.39. The van der Waals surface area contributed by atoms with Crippen LogP contribution in [0.4, 0.5) is 0 Å². The highest BCUT2D eigenvalue weighted by molar-refractivity contribution is 5.96. The minimum atomic E-state index is -2.19. The second-order valence-electron chi connectivity index (χ2n) is 14.9. The highest BCUT2D eigenvalue weighted by Crippen LogP contribution is 2.75. The Morgan fingerprint density at radius 3 is 2.11 bits per heavy atom. The monoisotopic (exact) mass is 632 g/mol. The van der Waals surface area contributed by atoms with Crippen LogP contribution in [0, 0.1) is 57.7 Å². The Hall–Kier alpha value is -2.55. The van der Waals surface area contributed by atoms with Gasteiger partial charge in [-0.25, -0.2) is 4.79 Å². The average Bonchev–Trinajstić information content (AvgIpc) is 3.63. The minimum Gasteiger partial charge on any atom is -0.459 e. The van der Waals surface area contributed by atoms with Crippen LogP contribution in [0.5, 0.6) is 0 Å². The van der Waals surface area contributed by atoms with Gasteiger partial charge in [0, 0.05) is 36.5 Å². The lowest BCUT2D eigenvalue weighted by molar-refractivity contribution is -0.256. The number of carbonyl (C=O) groups is 5. The third-order valence-corrected chi connectivity index (χ3v) is 13.5. The number of hydrogen-bond donors (Lipinski definition) is 5. The summed E-state index contributed by atoms with van der Waals surface area (Å²) >= 11 is 0. The molecule has 7 aliphatic rings. The van der Waals surface area contributed by atoms with Crippen molar-refractivity contribution >= 4 is 29.3 Å². The fraction of sp³-hybridized carbons (Fsp3) is 0.781. The van der Waals surface area contributed by atoms with Crippen molar-refractivity contribution in [1.29, 1.82) is 0 Å². The number of fused-ring (bicyclic) bond motifs is 10. The van der Waals surface area contributed by atoms with Gasteiger partial charge < -0.3 is 39.7 Å². The van der Waals surface area contributed by atoms with Crippen LogP contribution in [-0.4, -0.2) is 103 Å². The zero-order valence-corrected chi connectivity index (χ0v) is 25.9. The molecule has 246 valence electrons. The number of Topliss-reactive ketones (excluding diaryl/α,β-unsaturated/α-hetero) is 3. The van der Waals surface area contributed by atoms with E-state index in [4.69, 9.17) is 14.2 Å². The molecule has 18 atom stereocenters. The second kappa shape index (κ2) is 9.07. The predicted molar refractivity (Wildman–Crippen MR) is 147 cm³/mol. The molecule has 0 amide bonds. The van der Waals surface area contributed by atoms with Crippen molar-refractivity contribution in [3.63, 3.8) is 0 Å². The first-order valence-electron chi connectivity index (χ1n) is 15.6. The summed E-state index contributed by atoms with van der Waals surface area (Å²) in [6.07, 6.45) is -8.34. The molecular weight excluding hydrogens is 592 g/mol. The van der Waals surface area contributed by atoms with Gasteiger partial charge in [-0.15, -0.1) is 0 Å². The van der Waals surface area contributed by atoms with Crippen molar-refractivity contribution in [2.75, 3.05) is 0 Å². The fourth-order valence-electron chi connectivity index (χ4n) is 11.7. The normalized spacial score (nSPS) is 57.2. The fourth-order valence-corrected chi connectivity index (χ4v) is 11.7. The third-order valence-electron chi connectivity index (χ3n) is 13.5. The molecule has 5 aliphatic carbocycles. The van der Waals surface area contributed by atoms with Crippen LogP contribution in [0.15, 0.2) is 11.8 Å². The molecule has 2 saturated heterocycles. The van der Waals surface area contributed by atoms with E-state index in [9.17, 15) is 49.5 Å². The van der Waals surface area contributed by atoms with Gasteiger partial charge in [-0.2, -0.15) is 0 Å². The predicted octanol–water partition coefficient (Wildman–Crippen LogP) is -1.16. The van der Waals surface area contributed by atoms with E-state index in [1.54, 1.807) is 13.0 Å². The molecule has 5 N–H and O–H groups in total. The maximum atomic E-state index is 14.5. The average molecular weight is 633 g/mol. The minimum absolute atomic E-state index is 0.0430. The topological polar surface area (TPSA) is 217 Å². The summed E-state index contributed by atoms with van der Waals surface area (Å²) in [5.41, 5.74) is -7.78. The van der Waals surface area contributed by atoms with E-state index in [1.807, 2.05) is 0 Å². The summed E-state index contributed by atoms with van der Waals surface area (Å²) in [6.45, 7) is 7.94. The van der Waals surface area contributed by atoms with Crippen LogP contribution in [0.25, 0.3) is 0 Å². The van der Waals surface area contributed by atoms with E-state index in [2.05, 4.69) is 0 Å². The van der Waals surface area contributed by atoms with E-state index in [0.29, 0.717) is 0 Å². The van der Waals surface area contributed by atoms with Crippen LogP contribution in [0.1, 0.15) is 48.0 Å². The maximum Gasteiger partial charge on any atom is 0.343 e. The number of aliphatic hydroxyl groups excluding tert-OH is 4. The number of epoxide rings is 1. The van der Waals surface area contributed by atoms with Gasteiger partial charge in [-0.05, 0) is 52.0 Å². The highest BCUT2D eigenvalue weighted by atomic mass is 16.6. The Morgan fingerprint density at radius 1 is 0.911 bits per heavy atom. The molecule has 0 spiro atoms. The lowest BCUT2D eigenvalue weighted by Crippen LogP contribution is -2.77. The van der Waals surface area contributed by atoms with Gasteiger partial charge in [0.15, 0.2) is 11.4 Å². The Morgan fingerprint density at radius 2 is 1.53 bits per heavy atom. The van der Waals surface area contributed by atoms with Gasteiger partial charge in [-0.3, -0.25) is 19.2 Å². The number of allylic oxidation sites excluding steroid dienone is 1. The van der Waals surface area contributed by atoms with E-state index >= 15 is 0 Å². The molecule has 0 aromatic rings. The van der Waals surface area contributed by atoms with Crippen LogP contribution in [-0.2, 0) is 38.2 Å². The van der Waals surface area contributed by atoms with Crippen molar-refractivity contribution in [3.05, 3.63) is 11.8 Å². The van der Waals surface area contributed by atoms with Crippen LogP contribution < -0.4 is 0 Å². The Balaban J connectivity index is 1.53. The molecule has 18 unspecified atom stereocenters. The van der Waals surface area contributed by atoms with Crippen molar-refractivity contribution in [1.82, 2.24) is 0 Å². The van der Waals surface area contributed by atoms with Crippen LogP contribution in [0.2, 0.25) is 0 Å². The van der Waals surface area contributed by atoms with Gasteiger partial charge in [-0.1, -0.05) is 6.92 Å². The number of ketones is 3.